The van der Waals surface area contributed by atoms with Gasteiger partial charge in [0.2, 0.25) is 0 Å². The summed E-state index contributed by atoms with van der Waals surface area (Å²) in [5.74, 6) is 1.05. The molecule has 0 radical (unpaired) electrons. The third-order valence-electron chi connectivity index (χ3n) is 2.34. The lowest BCUT2D eigenvalue weighted by molar-refractivity contribution is 0.716. The number of imidazole rings is 1. The maximum absolute atomic E-state index is 4.53. The molecule has 0 aliphatic rings. The minimum Gasteiger partial charge on any atom is -0.311 e. The molecular weight excluding hydrogens is 174 g/mol. The molecule has 0 aliphatic heterocycles. The highest BCUT2D eigenvalue weighted by Crippen LogP contribution is 2.11. The molecule has 2 aromatic rings. The molecule has 74 valence electrons. The molecule has 0 bridgehead atoms. The lowest BCUT2D eigenvalue weighted by atomic mass is 10.3. The number of nitrogens with one attached hydrogen (secondary N) is 1. The monoisotopic (exact) mass is 189 g/mol. The Labute approximate surface area is 83.8 Å². The highest BCUT2D eigenvalue weighted by molar-refractivity contribution is 5.52. The van der Waals surface area contributed by atoms with Gasteiger partial charge in [-0.3, -0.25) is 0 Å². The lowest BCUT2D eigenvalue weighted by Gasteiger charge is -1.98. The molecule has 2 aromatic heterocycles. The van der Waals surface area contributed by atoms with Crippen molar-refractivity contribution in [2.24, 2.45) is 0 Å². The fourth-order valence-electron chi connectivity index (χ4n) is 1.64. The van der Waals surface area contributed by atoms with Crippen LogP contribution in [-0.4, -0.2) is 15.9 Å². The van der Waals surface area contributed by atoms with Crippen LogP contribution in [0.2, 0.25) is 0 Å². The van der Waals surface area contributed by atoms with Crippen LogP contribution in [0.4, 0.5) is 0 Å². The van der Waals surface area contributed by atoms with Crippen molar-refractivity contribution in [2.75, 3.05) is 6.54 Å². The molecule has 2 rings (SSSR count). The van der Waals surface area contributed by atoms with E-state index in [1.165, 1.54) is 5.52 Å². The number of hydrogen-bond donors (Lipinski definition) is 1. The van der Waals surface area contributed by atoms with E-state index in [1.807, 2.05) is 25.3 Å². The minimum absolute atomic E-state index is 0.845. The molecule has 0 aromatic carbocycles. The maximum atomic E-state index is 4.53. The Balaban J connectivity index is 2.44. The van der Waals surface area contributed by atoms with Gasteiger partial charge in [0.05, 0.1) is 11.2 Å². The van der Waals surface area contributed by atoms with Crippen molar-refractivity contribution in [3.05, 3.63) is 35.9 Å². The van der Waals surface area contributed by atoms with Crippen LogP contribution in [0.15, 0.2) is 24.4 Å². The Bertz CT molecular complexity index is 431. The highest BCUT2D eigenvalue weighted by Gasteiger charge is 2.05. The molecule has 0 saturated heterocycles. The first kappa shape index (κ1) is 9.21. The summed E-state index contributed by atoms with van der Waals surface area (Å²) in [4.78, 5) is 4.53. The number of hydrogen-bond acceptors (Lipinski definition) is 2. The normalized spacial score (nSPS) is 11.0. The third kappa shape index (κ3) is 1.51. The van der Waals surface area contributed by atoms with Crippen LogP contribution in [0, 0.1) is 6.92 Å². The molecule has 0 saturated carbocycles. The Morgan fingerprint density at radius 2 is 2.29 bits per heavy atom. The first-order chi connectivity index (χ1) is 6.83. The lowest BCUT2D eigenvalue weighted by Crippen LogP contribution is -2.12. The van der Waals surface area contributed by atoms with Gasteiger partial charge in [0.1, 0.15) is 5.82 Å². The molecule has 0 aliphatic carbocycles. The van der Waals surface area contributed by atoms with Gasteiger partial charge in [-0.05, 0) is 25.6 Å². The summed E-state index contributed by atoms with van der Waals surface area (Å²) in [7, 11) is 0. The van der Waals surface area contributed by atoms with Crippen LogP contribution < -0.4 is 5.32 Å². The van der Waals surface area contributed by atoms with Gasteiger partial charge in [0, 0.05) is 12.7 Å². The molecule has 3 nitrogen and oxygen atoms in total. The van der Waals surface area contributed by atoms with E-state index in [0.717, 1.165) is 24.6 Å². The number of rotatable bonds is 3. The van der Waals surface area contributed by atoms with E-state index in [9.17, 15) is 0 Å². The number of fused-ring (bicyclic) bond motifs is 1. The molecule has 3 heteroatoms. The van der Waals surface area contributed by atoms with Crippen LogP contribution in [0.5, 0.6) is 0 Å². The van der Waals surface area contributed by atoms with Crippen molar-refractivity contribution in [2.45, 2.75) is 20.4 Å². The largest absolute Gasteiger partial charge is 0.311 e. The van der Waals surface area contributed by atoms with Crippen molar-refractivity contribution in [1.29, 1.82) is 0 Å². The van der Waals surface area contributed by atoms with Gasteiger partial charge in [-0.15, -0.1) is 0 Å². The van der Waals surface area contributed by atoms with Gasteiger partial charge in [-0.1, -0.05) is 13.0 Å². The first-order valence-electron chi connectivity index (χ1n) is 4.96. The predicted octanol–water partition coefficient (Wildman–Crippen LogP) is 1.75. The molecule has 0 amide bonds. The first-order valence-corrected chi connectivity index (χ1v) is 4.96. The summed E-state index contributed by atoms with van der Waals surface area (Å²) in [6.07, 6.45) is 2.05. The van der Waals surface area contributed by atoms with E-state index in [-0.39, 0.29) is 0 Å². The SMILES string of the molecule is CCNCc1nc(C)n2ccccc12. The van der Waals surface area contributed by atoms with E-state index in [1.54, 1.807) is 0 Å². The van der Waals surface area contributed by atoms with Gasteiger partial charge in [-0.2, -0.15) is 0 Å². The van der Waals surface area contributed by atoms with Crippen molar-refractivity contribution in [1.82, 2.24) is 14.7 Å². The summed E-state index contributed by atoms with van der Waals surface area (Å²) in [5.41, 5.74) is 2.33. The zero-order valence-corrected chi connectivity index (χ0v) is 8.62. The van der Waals surface area contributed by atoms with Gasteiger partial charge in [0.15, 0.2) is 0 Å². The Morgan fingerprint density at radius 3 is 3.07 bits per heavy atom. The van der Waals surface area contributed by atoms with Crippen molar-refractivity contribution in [3.63, 3.8) is 0 Å². The van der Waals surface area contributed by atoms with Crippen LogP contribution in [0.3, 0.4) is 0 Å². The fourth-order valence-corrected chi connectivity index (χ4v) is 1.64. The molecule has 0 atom stereocenters. The molecule has 2 heterocycles. The van der Waals surface area contributed by atoms with E-state index in [2.05, 4.69) is 27.7 Å². The van der Waals surface area contributed by atoms with Crippen molar-refractivity contribution < 1.29 is 0 Å². The second-order valence-electron chi connectivity index (χ2n) is 3.34. The summed E-state index contributed by atoms with van der Waals surface area (Å²) >= 11 is 0. The third-order valence-corrected chi connectivity index (χ3v) is 2.34. The van der Waals surface area contributed by atoms with E-state index < -0.39 is 0 Å². The predicted molar refractivity (Wildman–Crippen MR) is 57.3 cm³/mol. The van der Waals surface area contributed by atoms with Gasteiger partial charge in [0.25, 0.3) is 0 Å². The van der Waals surface area contributed by atoms with E-state index in [4.69, 9.17) is 0 Å². The molecular formula is C11H15N3. The maximum Gasteiger partial charge on any atom is 0.110 e. The van der Waals surface area contributed by atoms with Crippen LogP contribution in [0.25, 0.3) is 5.52 Å². The molecule has 1 N–H and O–H groups in total. The Kier molecular flexibility index (Phi) is 2.50. The van der Waals surface area contributed by atoms with Gasteiger partial charge in [-0.25, -0.2) is 4.98 Å². The second-order valence-corrected chi connectivity index (χ2v) is 3.34. The number of aromatic nitrogens is 2. The van der Waals surface area contributed by atoms with E-state index >= 15 is 0 Å². The molecule has 0 spiro atoms. The number of nitrogens with zero attached hydrogens (tertiary/aromatic N) is 2. The quantitative estimate of drug-likeness (QED) is 0.797. The molecule has 14 heavy (non-hydrogen) atoms. The summed E-state index contributed by atoms with van der Waals surface area (Å²) in [6.45, 7) is 5.95. The molecule has 0 unspecified atom stereocenters. The zero-order valence-electron chi connectivity index (χ0n) is 8.62. The average molecular weight is 189 g/mol. The van der Waals surface area contributed by atoms with Gasteiger partial charge >= 0.3 is 0 Å². The minimum atomic E-state index is 0.845. The summed E-state index contributed by atoms with van der Waals surface area (Å²) in [6, 6.07) is 6.18. The number of aryl methyl sites for hydroxylation is 1. The highest BCUT2D eigenvalue weighted by atomic mass is 15.0. The summed E-state index contributed by atoms with van der Waals surface area (Å²) < 4.78 is 2.12. The molecule has 0 fully saturated rings. The van der Waals surface area contributed by atoms with Crippen LogP contribution in [0.1, 0.15) is 18.4 Å². The average Bonchev–Trinajstić information content (AvgIpc) is 2.54. The standard InChI is InChI=1S/C11H15N3/c1-3-12-8-10-11-6-4-5-7-14(11)9(2)13-10/h4-7,12H,3,8H2,1-2H3. The van der Waals surface area contributed by atoms with E-state index in [0.29, 0.717) is 0 Å². The number of pyridine rings is 1. The smallest absolute Gasteiger partial charge is 0.110 e. The summed E-state index contributed by atoms with van der Waals surface area (Å²) in [5, 5.41) is 3.29. The topological polar surface area (TPSA) is 29.3 Å². The van der Waals surface area contributed by atoms with Gasteiger partial charge < -0.3 is 9.72 Å². The Morgan fingerprint density at radius 1 is 1.43 bits per heavy atom. The fraction of sp³-hybridized carbons (Fsp3) is 0.364. The Hall–Kier alpha value is -1.35. The van der Waals surface area contributed by atoms with Crippen molar-refractivity contribution >= 4 is 5.52 Å². The van der Waals surface area contributed by atoms with Crippen molar-refractivity contribution in [3.8, 4) is 0 Å². The second kappa shape index (κ2) is 3.80. The van der Waals surface area contributed by atoms with Crippen LogP contribution >= 0.6 is 0 Å². The van der Waals surface area contributed by atoms with Crippen LogP contribution in [-0.2, 0) is 6.54 Å². The zero-order chi connectivity index (χ0) is 9.97.